The first-order valence-electron chi connectivity index (χ1n) is 6.36. The monoisotopic (exact) mass is 299 g/mol. The van der Waals surface area contributed by atoms with E-state index in [-0.39, 0.29) is 24.6 Å². The average Bonchev–Trinajstić information content (AvgIpc) is 2.44. The van der Waals surface area contributed by atoms with Crippen molar-refractivity contribution in [3.63, 3.8) is 0 Å². The van der Waals surface area contributed by atoms with Gasteiger partial charge in [0, 0.05) is 26.8 Å². The zero-order valence-corrected chi connectivity index (χ0v) is 12.5. The second-order valence-corrected chi connectivity index (χ2v) is 6.20. The molecule has 0 aliphatic rings. The van der Waals surface area contributed by atoms with Crippen LogP contribution in [0.1, 0.15) is 5.56 Å². The number of hydrogen-bond donors (Lipinski definition) is 1. The van der Waals surface area contributed by atoms with E-state index in [1.807, 2.05) is 0 Å². The number of benzene rings is 1. The fraction of sp³-hybridized carbons (Fsp3) is 0.429. The van der Waals surface area contributed by atoms with E-state index in [1.165, 1.54) is 11.4 Å². The van der Waals surface area contributed by atoms with Crippen molar-refractivity contribution in [1.82, 2.24) is 4.31 Å². The molecule has 1 aromatic carbocycles. The third-order valence-electron chi connectivity index (χ3n) is 2.84. The van der Waals surface area contributed by atoms with Gasteiger partial charge in [0.05, 0.1) is 11.5 Å². The Hall–Kier alpha value is -1.21. The Labute approximate surface area is 120 Å². The predicted molar refractivity (Wildman–Crippen MR) is 78.1 cm³/mol. The van der Waals surface area contributed by atoms with Crippen LogP contribution < -0.4 is 0 Å². The summed E-state index contributed by atoms with van der Waals surface area (Å²) in [5.74, 6) is 0. The molecule has 0 unspecified atom stereocenters. The Kier molecular flexibility index (Phi) is 6.87. The summed E-state index contributed by atoms with van der Waals surface area (Å²) in [4.78, 5) is 0.233. The van der Waals surface area contributed by atoms with Crippen LogP contribution in [0.5, 0.6) is 0 Å². The van der Waals surface area contributed by atoms with E-state index in [2.05, 4.69) is 6.58 Å². The number of hydrogen-bond acceptors (Lipinski definition) is 4. The minimum Gasteiger partial charge on any atom is -0.396 e. The summed E-state index contributed by atoms with van der Waals surface area (Å²) in [7, 11) is -2.02. The largest absolute Gasteiger partial charge is 0.396 e. The molecule has 112 valence electrons. The summed E-state index contributed by atoms with van der Waals surface area (Å²) in [6.45, 7) is 4.47. The lowest BCUT2D eigenvalue weighted by molar-refractivity contribution is 0.182. The Bertz CT molecular complexity index is 510. The Morgan fingerprint density at radius 3 is 2.50 bits per heavy atom. The van der Waals surface area contributed by atoms with Gasteiger partial charge in [-0.2, -0.15) is 4.31 Å². The van der Waals surface area contributed by atoms with Crippen LogP contribution in [0.15, 0.2) is 41.8 Å². The topological polar surface area (TPSA) is 66.8 Å². The molecule has 0 amide bonds. The maximum atomic E-state index is 12.5. The SMILES string of the molecule is C=CCN(CCOC)S(=O)(=O)c1ccc(CCO)cc1. The van der Waals surface area contributed by atoms with Gasteiger partial charge in [0.15, 0.2) is 0 Å². The molecule has 1 aromatic rings. The average molecular weight is 299 g/mol. The van der Waals surface area contributed by atoms with Crippen LogP contribution in [0.3, 0.4) is 0 Å². The summed E-state index contributed by atoms with van der Waals surface area (Å²) in [6.07, 6.45) is 2.06. The zero-order valence-electron chi connectivity index (χ0n) is 11.7. The molecular weight excluding hydrogens is 278 g/mol. The van der Waals surface area contributed by atoms with Gasteiger partial charge in [-0.3, -0.25) is 0 Å². The van der Waals surface area contributed by atoms with E-state index in [0.717, 1.165) is 5.56 Å². The van der Waals surface area contributed by atoms with E-state index in [1.54, 1.807) is 30.3 Å². The van der Waals surface area contributed by atoms with E-state index >= 15 is 0 Å². The van der Waals surface area contributed by atoms with Crippen LogP contribution in [-0.4, -0.2) is 51.2 Å². The number of ether oxygens (including phenoxy) is 1. The predicted octanol–water partition coefficient (Wildman–Crippen LogP) is 1.04. The summed E-state index contributed by atoms with van der Waals surface area (Å²) >= 11 is 0. The first-order valence-corrected chi connectivity index (χ1v) is 7.80. The summed E-state index contributed by atoms with van der Waals surface area (Å²) < 4.78 is 31.2. The Morgan fingerprint density at radius 1 is 1.35 bits per heavy atom. The normalized spacial score (nSPS) is 11.8. The van der Waals surface area contributed by atoms with Crippen molar-refractivity contribution < 1.29 is 18.3 Å². The number of methoxy groups -OCH3 is 1. The van der Waals surface area contributed by atoms with Gasteiger partial charge < -0.3 is 9.84 Å². The second-order valence-electron chi connectivity index (χ2n) is 4.26. The molecule has 5 nitrogen and oxygen atoms in total. The van der Waals surface area contributed by atoms with Gasteiger partial charge in [0.1, 0.15) is 0 Å². The molecular formula is C14H21NO4S. The van der Waals surface area contributed by atoms with Gasteiger partial charge in [-0.05, 0) is 24.1 Å². The first-order chi connectivity index (χ1) is 9.56. The Morgan fingerprint density at radius 2 is 2.00 bits per heavy atom. The molecule has 0 aliphatic carbocycles. The highest BCUT2D eigenvalue weighted by Crippen LogP contribution is 2.16. The molecule has 1 rings (SSSR count). The number of rotatable bonds is 9. The molecule has 1 N–H and O–H groups in total. The van der Waals surface area contributed by atoms with Crippen molar-refractivity contribution in [3.05, 3.63) is 42.5 Å². The van der Waals surface area contributed by atoms with Crippen molar-refractivity contribution >= 4 is 10.0 Å². The smallest absolute Gasteiger partial charge is 0.243 e. The van der Waals surface area contributed by atoms with E-state index in [4.69, 9.17) is 9.84 Å². The number of aliphatic hydroxyl groups excluding tert-OH is 1. The third kappa shape index (κ3) is 4.42. The van der Waals surface area contributed by atoms with Gasteiger partial charge in [-0.1, -0.05) is 18.2 Å². The highest BCUT2D eigenvalue weighted by molar-refractivity contribution is 7.89. The lowest BCUT2D eigenvalue weighted by Crippen LogP contribution is -2.34. The summed E-state index contributed by atoms with van der Waals surface area (Å²) in [5, 5.41) is 8.85. The maximum Gasteiger partial charge on any atom is 0.243 e. The van der Waals surface area contributed by atoms with E-state index in [0.29, 0.717) is 13.0 Å². The summed E-state index contributed by atoms with van der Waals surface area (Å²) in [5.41, 5.74) is 0.901. The first kappa shape index (κ1) is 16.8. The third-order valence-corrected chi connectivity index (χ3v) is 4.72. The van der Waals surface area contributed by atoms with Gasteiger partial charge in [-0.15, -0.1) is 6.58 Å². The summed E-state index contributed by atoms with van der Waals surface area (Å²) in [6, 6.07) is 6.55. The van der Waals surface area contributed by atoms with Crippen LogP contribution in [0.25, 0.3) is 0 Å². The molecule has 0 fully saturated rings. The lowest BCUT2D eigenvalue weighted by atomic mass is 10.2. The molecule has 0 saturated heterocycles. The number of nitrogens with zero attached hydrogens (tertiary/aromatic N) is 1. The van der Waals surface area contributed by atoms with Crippen molar-refractivity contribution in [2.75, 3.05) is 33.4 Å². The van der Waals surface area contributed by atoms with Crippen LogP contribution in [-0.2, 0) is 21.2 Å². The molecule has 0 saturated carbocycles. The second kappa shape index (κ2) is 8.16. The van der Waals surface area contributed by atoms with Gasteiger partial charge >= 0.3 is 0 Å². The van der Waals surface area contributed by atoms with Crippen LogP contribution in [0.2, 0.25) is 0 Å². The van der Waals surface area contributed by atoms with E-state index < -0.39 is 10.0 Å². The van der Waals surface area contributed by atoms with Crippen LogP contribution in [0.4, 0.5) is 0 Å². The molecule has 0 heterocycles. The molecule has 0 spiro atoms. The lowest BCUT2D eigenvalue weighted by Gasteiger charge is -2.20. The molecule has 0 atom stereocenters. The maximum absolute atomic E-state index is 12.5. The van der Waals surface area contributed by atoms with Crippen molar-refractivity contribution in [1.29, 1.82) is 0 Å². The van der Waals surface area contributed by atoms with Gasteiger partial charge in [-0.25, -0.2) is 8.42 Å². The Balaban J connectivity index is 2.96. The van der Waals surface area contributed by atoms with Crippen molar-refractivity contribution in [3.8, 4) is 0 Å². The highest BCUT2D eigenvalue weighted by Gasteiger charge is 2.22. The molecule has 0 bridgehead atoms. The quantitative estimate of drug-likeness (QED) is 0.692. The zero-order chi connectivity index (χ0) is 15.0. The minimum atomic E-state index is -3.55. The molecule has 20 heavy (non-hydrogen) atoms. The number of aliphatic hydroxyl groups is 1. The highest BCUT2D eigenvalue weighted by atomic mass is 32.2. The van der Waals surface area contributed by atoms with Crippen molar-refractivity contribution in [2.24, 2.45) is 0 Å². The fourth-order valence-electron chi connectivity index (χ4n) is 1.75. The minimum absolute atomic E-state index is 0.0442. The molecule has 6 heteroatoms. The molecule has 0 aromatic heterocycles. The van der Waals surface area contributed by atoms with Gasteiger partial charge in [0.25, 0.3) is 0 Å². The van der Waals surface area contributed by atoms with Crippen LogP contribution in [0, 0.1) is 0 Å². The van der Waals surface area contributed by atoms with Gasteiger partial charge in [0.2, 0.25) is 10.0 Å². The fourth-order valence-corrected chi connectivity index (χ4v) is 3.15. The molecule has 0 radical (unpaired) electrons. The van der Waals surface area contributed by atoms with Crippen LogP contribution >= 0.6 is 0 Å². The number of sulfonamides is 1. The molecule has 0 aliphatic heterocycles. The standard InChI is InChI=1S/C14H21NO4S/c1-3-9-15(10-12-19-2)20(17,18)14-6-4-13(5-7-14)8-11-16/h3-7,16H,1,8-12H2,2H3. The van der Waals surface area contributed by atoms with Crippen molar-refractivity contribution in [2.45, 2.75) is 11.3 Å². The van der Waals surface area contributed by atoms with E-state index in [9.17, 15) is 8.42 Å².